The van der Waals surface area contributed by atoms with E-state index in [2.05, 4.69) is 4.90 Å². The Morgan fingerprint density at radius 1 is 1.23 bits per heavy atom. The highest BCUT2D eigenvalue weighted by Crippen LogP contribution is 2.41. The van der Waals surface area contributed by atoms with Gasteiger partial charge >= 0.3 is 0 Å². The topological polar surface area (TPSA) is 59.1 Å². The monoisotopic (exact) mass is 324 g/mol. The van der Waals surface area contributed by atoms with Crippen molar-refractivity contribution in [3.05, 3.63) is 22.7 Å². The van der Waals surface area contributed by atoms with Crippen molar-refractivity contribution in [2.75, 3.05) is 51.4 Å². The standard InChI is InChI=1S/C15H17ClN2O4/c1-21-11-3-2-10(16)12-13(11)18(15(20)14(12)19)5-4-17-6-8-22-9-7-17/h2-3H,4-9H2,1H3. The third-order valence-corrected chi connectivity index (χ3v) is 4.30. The van der Waals surface area contributed by atoms with Gasteiger partial charge in [-0.3, -0.25) is 14.5 Å². The van der Waals surface area contributed by atoms with E-state index in [9.17, 15) is 9.59 Å². The van der Waals surface area contributed by atoms with Crippen LogP contribution < -0.4 is 9.64 Å². The summed E-state index contributed by atoms with van der Waals surface area (Å²) in [5, 5.41) is 0.281. The Morgan fingerprint density at radius 2 is 1.95 bits per heavy atom. The van der Waals surface area contributed by atoms with Gasteiger partial charge in [0.2, 0.25) is 0 Å². The van der Waals surface area contributed by atoms with Crippen LogP contribution >= 0.6 is 11.6 Å². The zero-order chi connectivity index (χ0) is 15.7. The Bertz CT molecular complexity index is 614. The van der Waals surface area contributed by atoms with Crippen LogP contribution in [0, 0.1) is 0 Å². The highest BCUT2D eigenvalue weighted by molar-refractivity contribution is 6.55. The lowest BCUT2D eigenvalue weighted by Gasteiger charge is -2.28. The molecule has 1 amide bonds. The summed E-state index contributed by atoms with van der Waals surface area (Å²) in [6, 6.07) is 3.25. The van der Waals surface area contributed by atoms with E-state index in [4.69, 9.17) is 21.1 Å². The van der Waals surface area contributed by atoms with Crippen LogP contribution in [0.2, 0.25) is 5.02 Å². The minimum atomic E-state index is -0.569. The number of nitrogens with zero attached hydrogens (tertiary/aromatic N) is 2. The molecule has 3 rings (SSSR count). The van der Waals surface area contributed by atoms with Gasteiger partial charge in [-0.1, -0.05) is 11.6 Å². The number of ketones is 1. The third-order valence-electron chi connectivity index (χ3n) is 3.99. The number of hydrogen-bond acceptors (Lipinski definition) is 5. The van der Waals surface area contributed by atoms with Gasteiger partial charge in [0.15, 0.2) is 0 Å². The minimum absolute atomic E-state index is 0.244. The van der Waals surface area contributed by atoms with E-state index in [1.165, 1.54) is 12.0 Å². The van der Waals surface area contributed by atoms with Crippen molar-refractivity contribution in [2.24, 2.45) is 0 Å². The number of ether oxygens (including phenoxy) is 2. The molecule has 118 valence electrons. The molecule has 1 aromatic rings. The Morgan fingerprint density at radius 3 is 2.64 bits per heavy atom. The summed E-state index contributed by atoms with van der Waals surface area (Å²) in [5.74, 6) is -0.629. The summed E-state index contributed by atoms with van der Waals surface area (Å²) in [6.45, 7) is 4.15. The molecule has 2 aliphatic heterocycles. The molecule has 0 N–H and O–H groups in total. The van der Waals surface area contributed by atoms with E-state index in [0.29, 0.717) is 37.7 Å². The number of anilines is 1. The molecule has 1 fully saturated rings. The van der Waals surface area contributed by atoms with Crippen LogP contribution in [-0.2, 0) is 9.53 Å². The molecular weight excluding hydrogens is 308 g/mol. The molecule has 0 radical (unpaired) electrons. The number of carbonyl (C=O) groups is 2. The molecule has 2 heterocycles. The smallest absolute Gasteiger partial charge is 0.299 e. The minimum Gasteiger partial charge on any atom is -0.495 e. The number of Topliss-reactive ketones (excluding diaryl/α,β-unsaturated/α-hetero) is 1. The third kappa shape index (κ3) is 2.58. The fourth-order valence-corrected chi connectivity index (χ4v) is 3.05. The van der Waals surface area contributed by atoms with Gasteiger partial charge in [-0.15, -0.1) is 0 Å². The number of hydrogen-bond donors (Lipinski definition) is 0. The average Bonchev–Trinajstić information content (AvgIpc) is 2.80. The van der Waals surface area contributed by atoms with Gasteiger partial charge in [0.25, 0.3) is 11.7 Å². The van der Waals surface area contributed by atoms with E-state index in [1.807, 2.05) is 0 Å². The number of rotatable bonds is 4. The summed E-state index contributed by atoms with van der Waals surface area (Å²) in [5.41, 5.74) is 0.728. The Hall–Kier alpha value is -1.63. The SMILES string of the molecule is COc1ccc(Cl)c2c1N(CCN1CCOCC1)C(=O)C2=O. The van der Waals surface area contributed by atoms with Crippen molar-refractivity contribution in [1.82, 2.24) is 4.90 Å². The van der Waals surface area contributed by atoms with Crippen molar-refractivity contribution in [3.8, 4) is 5.75 Å². The van der Waals surface area contributed by atoms with E-state index >= 15 is 0 Å². The predicted molar refractivity (Wildman–Crippen MR) is 81.9 cm³/mol. The van der Waals surface area contributed by atoms with E-state index in [0.717, 1.165) is 13.1 Å². The zero-order valence-electron chi connectivity index (χ0n) is 12.3. The average molecular weight is 325 g/mol. The van der Waals surface area contributed by atoms with Crippen molar-refractivity contribution in [2.45, 2.75) is 0 Å². The first-order valence-electron chi connectivity index (χ1n) is 7.16. The predicted octanol–water partition coefficient (Wildman–Crippen LogP) is 1.21. The maximum atomic E-state index is 12.3. The molecule has 6 nitrogen and oxygen atoms in total. The molecule has 2 aliphatic rings. The number of fused-ring (bicyclic) bond motifs is 1. The number of carbonyl (C=O) groups excluding carboxylic acids is 2. The van der Waals surface area contributed by atoms with Crippen molar-refractivity contribution < 1.29 is 19.1 Å². The van der Waals surface area contributed by atoms with Crippen LogP contribution in [0.3, 0.4) is 0 Å². The molecular formula is C15H17ClN2O4. The second-order valence-electron chi connectivity index (χ2n) is 5.21. The lowest BCUT2D eigenvalue weighted by atomic mass is 10.1. The number of benzene rings is 1. The normalized spacial score (nSPS) is 18.7. The number of halogens is 1. The first-order chi connectivity index (χ1) is 10.6. The maximum Gasteiger partial charge on any atom is 0.299 e. The fraction of sp³-hybridized carbons (Fsp3) is 0.467. The second kappa shape index (κ2) is 6.24. The number of amides is 1. The number of morpholine rings is 1. The quantitative estimate of drug-likeness (QED) is 0.779. The molecule has 0 saturated carbocycles. The molecule has 1 saturated heterocycles. The van der Waals surface area contributed by atoms with Gasteiger partial charge in [0.05, 0.1) is 36.6 Å². The Labute approximate surface area is 133 Å². The molecule has 1 aromatic carbocycles. The molecule has 0 atom stereocenters. The fourth-order valence-electron chi connectivity index (χ4n) is 2.81. The van der Waals surface area contributed by atoms with Crippen LogP contribution in [0.4, 0.5) is 5.69 Å². The van der Waals surface area contributed by atoms with Gasteiger partial charge in [0, 0.05) is 26.2 Å². The Balaban J connectivity index is 1.85. The summed E-state index contributed by atoms with van der Waals surface area (Å²) >= 11 is 6.09. The summed E-state index contributed by atoms with van der Waals surface area (Å²) < 4.78 is 10.6. The van der Waals surface area contributed by atoms with Crippen molar-refractivity contribution in [1.29, 1.82) is 0 Å². The molecule has 0 bridgehead atoms. The first-order valence-corrected chi connectivity index (χ1v) is 7.54. The van der Waals surface area contributed by atoms with Crippen LogP contribution in [0.1, 0.15) is 10.4 Å². The van der Waals surface area contributed by atoms with Gasteiger partial charge in [-0.05, 0) is 12.1 Å². The molecule has 0 aromatic heterocycles. The molecule has 0 unspecified atom stereocenters. The highest BCUT2D eigenvalue weighted by Gasteiger charge is 2.40. The van der Waals surface area contributed by atoms with Crippen LogP contribution in [0.15, 0.2) is 12.1 Å². The van der Waals surface area contributed by atoms with E-state index in [-0.39, 0.29) is 10.6 Å². The molecule has 0 aliphatic carbocycles. The second-order valence-corrected chi connectivity index (χ2v) is 5.62. The summed E-state index contributed by atoms with van der Waals surface area (Å²) in [4.78, 5) is 28.1. The maximum absolute atomic E-state index is 12.3. The lowest BCUT2D eigenvalue weighted by Crippen LogP contribution is -2.42. The van der Waals surface area contributed by atoms with Gasteiger partial charge in [-0.2, -0.15) is 0 Å². The van der Waals surface area contributed by atoms with Gasteiger partial charge in [-0.25, -0.2) is 0 Å². The van der Waals surface area contributed by atoms with Crippen LogP contribution in [-0.4, -0.2) is 63.1 Å². The molecule has 0 spiro atoms. The highest BCUT2D eigenvalue weighted by atomic mass is 35.5. The van der Waals surface area contributed by atoms with E-state index < -0.39 is 11.7 Å². The van der Waals surface area contributed by atoms with Gasteiger partial charge in [0.1, 0.15) is 5.75 Å². The molecule has 7 heteroatoms. The van der Waals surface area contributed by atoms with Crippen LogP contribution in [0.25, 0.3) is 0 Å². The summed E-state index contributed by atoms with van der Waals surface area (Å²) in [6.07, 6.45) is 0. The van der Waals surface area contributed by atoms with Crippen LogP contribution in [0.5, 0.6) is 5.75 Å². The Kier molecular flexibility index (Phi) is 4.33. The lowest BCUT2D eigenvalue weighted by molar-refractivity contribution is -0.114. The number of methoxy groups -OCH3 is 1. The zero-order valence-corrected chi connectivity index (χ0v) is 13.1. The first kappa shape index (κ1) is 15.3. The molecule has 22 heavy (non-hydrogen) atoms. The largest absolute Gasteiger partial charge is 0.495 e. The van der Waals surface area contributed by atoms with Gasteiger partial charge < -0.3 is 14.4 Å². The van der Waals surface area contributed by atoms with Crippen molar-refractivity contribution >= 4 is 29.0 Å². The summed E-state index contributed by atoms with van der Waals surface area (Å²) in [7, 11) is 1.51. The van der Waals surface area contributed by atoms with E-state index in [1.54, 1.807) is 12.1 Å². The van der Waals surface area contributed by atoms with Crippen molar-refractivity contribution in [3.63, 3.8) is 0 Å².